The fourth-order valence-electron chi connectivity index (χ4n) is 3.91. The second-order valence-electron chi connectivity index (χ2n) is 7.06. The number of rotatable bonds is 3. The number of alkyl halides is 2. The van der Waals surface area contributed by atoms with Crippen LogP contribution in [-0.4, -0.2) is 31.9 Å². The Kier molecular flexibility index (Phi) is 4.68. The van der Waals surface area contributed by atoms with Crippen molar-refractivity contribution in [2.45, 2.75) is 38.2 Å². The van der Waals surface area contributed by atoms with Gasteiger partial charge in [-0.2, -0.15) is 0 Å². The number of fused-ring (bicyclic) bond motifs is 1. The highest BCUT2D eigenvalue weighted by Crippen LogP contribution is 2.32. The number of aryl methyl sites for hydroxylation is 1. The highest BCUT2D eigenvalue weighted by molar-refractivity contribution is 5.97. The van der Waals surface area contributed by atoms with Crippen molar-refractivity contribution in [3.63, 3.8) is 0 Å². The average molecular weight is 372 g/mol. The molecule has 1 atom stereocenters. The number of hydrogen-bond acceptors (Lipinski definition) is 2. The Balaban J connectivity index is 1.68. The van der Waals surface area contributed by atoms with E-state index >= 15 is 0 Å². The molecule has 1 aromatic carbocycles. The van der Waals surface area contributed by atoms with Crippen LogP contribution in [0.3, 0.4) is 0 Å². The van der Waals surface area contributed by atoms with E-state index in [0.717, 1.165) is 31.4 Å². The molecule has 1 saturated heterocycles. The fraction of sp³-hybridized carbons (Fsp3) is 0.400. The van der Waals surface area contributed by atoms with Crippen molar-refractivity contribution >= 4 is 16.9 Å². The van der Waals surface area contributed by atoms with E-state index in [2.05, 4.69) is 20.6 Å². The van der Waals surface area contributed by atoms with Crippen LogP contribution in [0.1, 0.15) is 60.0 Å². The van der Waals surface area contributed by atoms with Crippen molar-refractivity contribution in [2.75, 3.05) is 6.54 Å². The van der Waals surface area contributed by atoms with Gasteiger partial charge in [-0.1, -0.05) is 12.8 Å². The summed E-state index contributed by atoms with van der Waals surface area (Å²) >= 11 is 0. The molecular formula is C20H22F2N4O. The zero-order valence-electron chi connectivity index (χ0n) is 15.2. The quantitative estimate of drug-likeness (QED) is 0.731. The minimum absolute atomic E-state index is 0.0223. The molecule has 5 nitrogen and oxygen atoms in total. The van der Waals surface area contributed by atoms with Crippen LogP contribution < -0.4 is 0 Å². The largest absolute Gasteiger partial charge is 0.353 e. The lowest BCUT2D eigenvalue weighted by Gasteiger charge is -2.30. The number of aromatic amines is 1. The summed E-state index contributed by atoms with van der Waals surface area (Å²) in [5.41, 5.74) is 2.51. The van der Waals surface area contributed by atoms with Crippen LogP contribution in [-0.2, 0) is 7.05 Å². The van der Waals surface area contributed by atoms with Gasteiger partial charge in [0.05, 0.1) is 17.1 Å². The zero-order valence-corrected chi connectivity index (χ0v) is 15.2. The highest BCUT2D eigenvalue weighted by atomic mass is 19.3. The molecular weight excluding hydrogens is 350 g/mol. The number of likely N-dealkylation sites (tertiary alicyclic amines) is 1. The van der Waals surface area contributed by atoms with Crippen LogP contribution in [0, 0.1) is 0 Å². The first-order chi connectivity index (χ1) is 13.0. The standard InChI is InChI=1S/C20H22F2N4O/c1-25-10-5-7-16(25)17-6-3-2-4-11-26(17)20(27)13-8-9-14-15(12-13)24-19(23-14)18(21)22/h5,7-10,12,17-18H,2-4,6,11H2,1H3,(H,23,24)/t17-/m1/s1. The van der Waals surface area contributed by atoms with Crippen molar-refractivity contribution in [2.24, 2.45) is 7.05 Å². The maximum atomic E-state index is 13.3. The summed E-state index contributed by atoms with van der Waals surface area (Å²) in [6.45, 7) is 0.692. The molecule has 1 N–H and O–H groups in total. The van der Waals surface area contributed by atoms with Gasteiger partial charge in [0, 0.05) is 31.0 Å². The molecule has 1 aliphatic rings. The molecule has 142 valence electrons. The van der Waals surface area contributed by atoms with Gasteiger partial charge < -0.3 is 14.5 Å². The summed E-state index contributed by atoms with van der Waals surface area (Å²) in [5.74, 6) is -0.441. The fourth-order valence-corrected chi connectivity index (χ4v) is 3.91. The molecule has 7 heteroatoms. The van der Waals surface area contributed by atoms with Crippen LogP contribution >= 0.6 is 0 Å². The Hall–Kier alpha value is -2.70. The molecule has 1 amide bonds. The summed E-state index contributed by atoms with van der Waals surface area (Å²) in [5, 5.41) is 0. The van der Waals surface area contributed by atoms with Crippen LogP contribution in [0.2, 0.25) is 0 Å². The third kappa shape index (κ3) is 3.34. The van der Waals surface area contributed by atoms with E-state index < -0.39 is 6.43 Å². The molecule has 4 rings (SSSR count). The van der Waals surface area contributed by atoms with Crippen molar-refractivity contribution in [1.82, 2.24) is 19.4 Å². The number of carbonyl (C=O) groups excluding carboxylic acids is 1. The van der Waals surface area contributed by atoms with Crippen LogP contribution in [0.25, 0.3) is 11.0 Å². The number of carbonyl (C=O) groups is 1. The monoisotopic (exact) mass is 372 g/mol. The number of halogens is 2. The van der Waals surface area contributed by atoms with Crippen molar-refractivity contribution < 1.29 is 13.6 Å². The Morgan fingerprint density at radius 3 is 2.85 bits per heavy atom. The molecule has 3 aromatic rings. The normalized spacial score (nSPS) is 18.2. The van der Waals surface area contributed by atoms with Gasteiger partial charge >= 0.3 is 0 Å². The number of nitrogens with one attached hydrogen (secondary N) is 1. The average Bonchev–Trinajstić information content (AvgIpc) is 3.20. The van der Waals surface area contributed by atoms with Crippen LogP contribution in [0.15, 0.2) is 36.5 Å². The maximum Gasteiger partial charge on any atom is 0.295 e. The van der Waals surface area contributed by atoms with Crippen LogP contribution in [0.4, 0.5) is 8.78 Å². The molecule has 0 aliphatic carbocycles. The van der Waals surface area contributed by atoms with Crippen molar-refractivity contribution in [3.8, 4) is 0 Å². The van der Waals surface area contributed by atoms with E-state index in [0.29, 0.717) is 23.1 Å². The van der Waals surface area contributed by atoms with E-state index in [4.69, 9.17) is 0 Å². The Bertz CT molecular complexity index is 962. The van der Waals surface area contributed by atoms with E-state index in [1.165, 1.54) is 0 Å². The first kappa shape index (κ1) is 17.7. The van der Waals surface area contributed by atoms with Gasteiger partial charge in [-0.15, -0.1) is 0 Å². The predicted octanol–water partition coefficient (Wildman–Crippen LogP) is 4.60. The van der Waals surface area contributed by atoms with E-state index in [1.54, 1.807) is 18.2 Å². The molecule has 1 aliphatic heterocycles. The Labute approximate surface area is 156 Å². The van der Waals surface area contributed by atoms with Gasteiger partial charge in [0.25, 0.3) is 12.3 Å². The highest BCUT2D eigenvalue weighted by Gasteiger charge is 2.29. The number of imidazole rings is 1. The van der Waals surface area contributed by atoms with Crippen molar-refractivity contribution in [3.05, 3.63) is 53.6 Å². The van der Waals surface area contributed by atoms with Gasteiger partial charge in [0.15, 0.2) is 5.82 Å². The number of benzene rings is 1. The third-order valence-electron chi connectivity index (χ3n) is 5.29. The number of nitrogens with zero attached hydrogens (tertiary/aromatic N) is 3. The molecule has 27 heavy (non-hydrogen) atoms. The van der Waals surface area contributed by atoms with Gasteiger partial charge in [0.1, 0.15) is 0 Å². The van der Waals surface area contributed by atoms with Crippen molar-refractivity contribution in [1.29, 1.82) is 0 Å². The molecule has 0 bridgehead atoms. The number of hydrogen-bond donors (Lipinski definition) is 1. The number of amides is 1. The molecule has 0 spiro atoms. The predicted molar refractivity (Wildman–Crippen MR) is 98.7 cm³/mol. The second-order valence-corrected chi connectivity index (χ2v) is 7.06. The number of aromatic nitrogens is 3. The molecule has 1 fully saturated rings. The molecule has 3 heterocycles. The smallest absolute Gasteiger partial charge is 0.295 e. The van der Waals surface area contributed by atoms with E-state index in [1.807, 2.05) is 24.2 Å². The molecule has 0 saturated carbocycles. The van der Waals surface area contributed by atoms with E-state index in [9.17, 15) is 13.6 Å². The first-order valence-electron chi connectivity index (χ1n) is 9.24. The SMILES string of the molecule is Cn1cccc1[C@H]1CCCCCN1C(=O)c1ccc2nc(C(F)F)[nH]c2c1. The molecule has 0 radical (unpaired) electrons. The van der Waals surface area contributed by atoms with Gasteiger partial charge in [-0.3, -0.25) is 4.79 Å². The summed E-state index contributed by atoms with van der Waals surface area (Å²) in [4.78, 5) is 21.7. The van der Waals surface area contributed by atoms with Gasteiger partial charge in [0.2, 0.25) is 0 Å². The number of H-pyrrole nitrogens is 1. The lowest BCUT2D eigenvalue weighted by molar-refractivity contribution is 0.0674. The summed E-state index contributed by atoms with van der Waals surface area (Å²) in [6.07, 6.45) is 3.40. The first-order valence-corrected chi connectivity index (χ1v) is 9.24. The minimum Gasteiger partial charge on any atom is -0.353 e. The summed E-state index contributed by atoms with van der Waals surface area (Å²) in [6, 6.07) is 9.00. The molecule has 2 aromatic heterocycles. The molecule has 0 unspecified atom stereocenters. The van der Waals surface area contributed by atoms with Gasteiger partial charge in [-0.05, 0) is 43.2 Å². The van der Waals surface area contributed by atoms with Crippen LogP contribution in [0.5, 0.6) is 0 Å². The zero-order chi connectivity index (χ0) is 19.0. The minimum atomic E-state index is -2.66. The lowest BCUT2D eigenvalue weighted by Crippen LogP contribution is -2.35. The Morgan fingerprint density at radius 2 is 2.11 bits per heavy atom. The lowest BCUT2D eigenvalue weighted by atomic mass is 10.0. The van der Waals surface area contributed by atoms with Gasteiger partial charge in [-0.25, -0.2) is 13.8 Å². The topological polar surface area (TPSA) is 53.9 Å². The second kappa shape index (κ2) is 7.13. The Morgan fingerprint density at radius 1 is 1.26 bits per heavy atom. The summed E-state index contributed by atoms with van der Waals surface area (Å²) < 4.78 is 27.8. The van der Waals surface area contributed by atoms with E-state index in [-0.39, 0.29) is 17.8 Å². The third-order valence-corrected chi connectivity index (χ3v) is 5.29. The summed E-state index contributed by atoms with van der Waals surface area (Å²) in [7, 11) is 1.99. The maximum absolute atomic E-state index is 13.3.